The van der Waals surface area contributed by atoms with Crippen LogP contribution in [-0.4, -0.2) is 37.5 Å². The van der Waals surface area contributed by atoms with E-state index >= 15 is 0 Å². The van der Waals surface area contributed by atoms with E-state index in [1.165, 1.54) is 12.8 Å². The highest BCUT2D eigenvalue weighted by Gasteiger charge is 2.23. The molecule has 3 heteroatoms. The Morgan fingerprint density at radius 3 is 2.77 bits per heavy atom. The molecule has 0 aromatic heterocycles. The first-order valence-corrected chi connectivity index (χ1v) is 5.05. The maximum absolute atomic E-state index is 11.4. The third-order valence-electron chi connectivity index (χ3n) is 2.78. The topological polar surface area (TPSA) is 32.3 Å². The van der Waals surface area contributed by atoms with Crippen molar-refractivity contribution in [1.29, 1.82) is 0 Å². The Morgan fingerprint density at radius 2 is 2.31 bits per heavy atom. The van der Waals surface area contributed by atoms with Gasteiger partial charge in [0.2, 0.25) is 5.91 Å². The normalized spacial score (nSPS) is 24.4. The van der Waals surface area contributed by atoms with Crippen LogP contribution in [0.5, 0.6) is 0 Å². The molecule has 2 atom stereocenters. The molecule has 0 bridgehead atoms. The van der Waals surface area contributed by atoms with E-state index in [1.54, 1.807) is 4.90 Å². The number of hydrogen-bond acceptors (Lipinski definition) is 2. The van der Waals surface area contributed by atoms with Crippen LogP contribution in [0.2, 0.25) is 0 Å². The molecule has 1 heterocycles. The molecule has 1 N–H and O–H groups in total. The summed E-state index contributed by atoms with van der Waals surface area (Å²) in [6, 6.07) is 0.559. The average molecular weight is 184 g/mol. The van der Waals surface area contributed by atoms with Crippen LogP contribution in [0.3, 0.4) is 0 Å². The monoisotopic (exact) mass is 184 g/mol. The number of hydrogen-bond donors (Lipinski definition) is 1. The molecule has 2 unspecified atom stereocenters. The summed E-state index contributed by atoms with van der Waals surface area (Å²) < 4.78 is 0. The van der Waals surface area contributed by atoms with Crippen molar-refractivity contribution < 1.29 is 4.79 Å². The molecule has 0 radical (unpaired) electrons. The van der Waals surface area contributed by atoms with Crippen molar-refractivity contribution >= 4 is 5.91 Å². The standard InChI is InChI=1S/C10H20N2O/c1-8(7-10(13)12(2)3)9-5-4-6-11-9/h8-9,11H,4-7H2,1-3H3. The van der Waals surface area contributed by atoms with Gasteiger partial charge in [0.1, 0.15) is 0 Å². The fourth-order valence-electron chi connectivity index (χ4n) is 1.80. The summed E-state index contributed by atoms with van der Waals surface area (Å²) in [5.74, 6) is 0.707. The minimum absolute atomic E-state index is 0.237. The van der Waals surface area contributed by atoms with Gasteiger partial charge >= 0.3 is 0 Å². The Labute approximate surface area is 80.5 Å². The maximum atomic E-state index is 11.4. The van der Waals surface area contributed by atoms with Crippen molar-refractivity contribution in [3.05, 3.63) is 0 Å². The fraction of sp³-hybridized carbons (Fsp3) is 0.900. The second-order valence-corrected chi connectivity index (χ2v) is 4.17. The molecule has 1 saturated heterocycles. The van der Waals surface area contributed by atoms with Gasteiger partial charge in [-0.1, -0.05) is 6.92 Å². The fourth-order valence-corrected chi connectivity index (χ4v) is 1.80. The lowest BCUT2D eigenvalue weighted by molar-refractivity contribution is -0.129. The Bertz CT molecular complexity index is 174. The number of amides is 1. The van der Waals surface area contributed by atoms with Gasteiger partial charge in [0.15, 0.2) is 0 Å². The van der Waals surface area contributed by atoms with E-state index in [2.05, 4.69) is 12.2 Å². The summed E-state index contributed by atoms with van der Waals surface area (Å²) in [7, 11) is 3.63. The summed E-state index contributed by atoms with van der Waals surface area (Å²) in [5.41, 5.74) is 0. The van der Waals surface area contributed by atoms with Gasteiger partial charge in [-0.3, -0.25) is 4.79 Å². The SMILES string of the molecule is CC(CC(=O)N(C)C)C1CCCN1. The molecular weight excluding hydrogens is 164 g/mol. The first kappa shape index (κ1) is 10.5. The zero-order valence-electron chi connectivity index (χ0n) is 8.84. The molecule has 1 rings (SSSR count). The van der Waals surface area contributed by atoms with Crippen LogP contribution >= 0.6 is 0 Å². The van der Waals surface area contributed by atoms with Crippen molar-refractivity contribution in [2.45, 2.75) is 32.2 Å². The number of carbonyl (C=O) groups is 1. The lowest BCUT2D eigenvalue weighted by atomic mass is 9.96. The summed E-state index contributed by atoms with van der Waals surface area (Å²) in [5, 5.41) is 3.43. The Kier molecular flexibility index (Phi) is 3.72. The first-order valence-electron chi connectivity index (χ1n) is 5.05. The molecule has 0 aromatic carbocycles. The van der Waals surface area contributed by atoms with Gasteiger partial charge in [-0.05, 0) is 25.3 Å². The van der Waals surface area contributed by atoms with Gasteiger partial charge in [0.25, 0.3) is 0 Å². The van der Waals surface area contributed by atoms with Gasteiger partial charge in [-0.2, -0.15) is 0 Å². The Hall–Kier alpha value is -0.570. The summed E-state index contributed by atoms with van der Waals surface area (Å²) in [4.78, 5) is 13.1. The molecule has 1 aliphatic rings. The van der Waals surface area contributed by atoms with Crippen LogP contribution < -0.4 is 5.32 Å². The quantitative estimate of drug-likeness (QED) is 0.705. The van der Waals surface area contributed by atoms with Crippen molar-refractivity contribution in [1.82, 2.24) is 10.2 Å². The summed E-state index contributed by atoms with van der Waals surface area (Å²) >= 11 is 0. The van der Waals surface area contributed by atoms with Gasteiger partial charge in [0.05, 0.1) is 0 Å². The van der Waals surface area contributed by atoms with Crippen molar-refractivity contribution in [3.63, 3.8) is 0 Å². The van der Waals surface area contributed by atoms with Crippen molar-refractivity contribution in [3.8, 4) is 0 Å². The number of carbonyl (C=O) groups excluding carboxylic acids is 1. The average Bonchev–Trinajstić information content (AvgIpc) is 2.55. The third-order valence-corrected chi connectivity index (χ3v) is 2.78. The molecule has 13 heavy (non-hydrogen) atoms. The smallest absolute Gasteiger partial charge is 0.222 e. The molecule has 0 saturated carbocycles. The molecular formula is C10H20N2O. The minimum atomic E-state index is 0.237. The second kappa shape index (κ2) is 4.61. The van der Waals surface area contributed by atoms with Gasteiger partial charge < -0.3 is 10.2 Å². The number of rotatable bonds is 3. The zero-order chi connectivity index (χ0) is 9.84. The molecule has 0 aliphatic carbocycles. The number of nitrogens with one attached hydrogen (secondary N) is 1. The van der Waals surface area contributed by atoms with Gasteiger partial charge in [-0.15, -0.1) is 0 Å². The molecule has 76 valence electrons. The minimum Gasteiger partial charge on any atom is -0.349 e. The van der Waals surface area contributed by atoms with E-state index < -0.39 is 0 Å². The summed E-state index contributed by atoms with van der Waals surface area (Å²) in [6.45, 7) is 3.27. The highest BCUT2D eigenvalue weighted by Crippen LogP contribution is 2.17. The van der Waals surface area contributed by atoms with Gasteiger partial charge in [-0.25, -0.2) is 0 Å². The molecule has 1 fully saturated rings. The molecule has 0 aromatic rings. The molecule has 1 aliphatic heterocycles. The Balaban J connectivity index is 2.31. The maximum Gasteiger partial charge on any atom is 0.222 e. The largest absolute Gasteiger partial charge is 0.349 e. The van der Waals surface area contributed by atoms with Crippen LogP contribution in [0.25, 0.3) is 0 Å². The number of nitrogens with zero attached hydrogens (tertiary/aromatic N) is 1. The Morgan fingerprint density at radius 1 is 1.62 bits per heavy atom. The zero-order valence-corrected chi connectivity index (χ0v) is 8.84. The molecule has 1 amide bonds. The summed E-state index contributed by atoms with van der Waals surface area (Å²) in [6.07, 6.45) is 3.15. The predicted molar refractivity (Wildman–Crippen MR) is 53.5 cm³/mol. The molecule has 0 spiro atoms. The highest BCUT2D eigenvalue weighted by molar-refractivity contribution is 5.75. The van der Waals surface area contributed by atoms with E-state index in [1.807, 2.05) is 14.1 Å². The van der Waals surface area contributed by atoms with E-state index in [0.717, 1.165) is 6.54 Å². The van der Waals surface area contributed by atoms with Crippen molar-refractivity contribution in [2.24, 2.45) is 5.92 Å². The predicted octanol–water partition coefficient (Wildman–Crippen LogP) is 0.853. The van der Waals surface area contributed by atoms with Crippen LogP contribution in [-0.2, 0) is 4.79 Å². The van der Waals surface area contributed by atoms with Crippen molar-refractivity contribution in [2.75, 3.05) is 20.6 Å². The van der Waals surface area contributed by atoms with E-state index in [0.29, 0.717) is 18.4 Å². The highest BCUT2D eigenvalue weighted by atomic mass is 16.2. The lowest BCUT2D eigenvalue weighted by Gasteiger charge is -2.20. The van der Waals surface area contributed by atoms with E-state index in [9.17, 15) is 4.79 Å². The van der Waals surface area contributed by atoms with Crippen LogP contribution in [0.1, 0.15) is 26.2 Å². The second-order valence-electron chi connectivity index (χ2n) is 4.17. The van der Waals surface area contributed by atoms with Crippen LogP contribution in [0, 0.1) is 5.92 Å². The van der Waals surface area contributed by atoms with E-state index in [-0.39, 0.29) is 5.91 Å². The first-order chi connectivity index (χ1) is 6.11. The van der Waals surface area contributed by atoms with E-state index in [4.69, 9.17) is 0 Å². The molecule has 3 nitrogen and oxygen atoms in total. The van der Waals surface area contributed by atoms with Crippen LogP contribution in [0.15, 0.2) is 0 Å². The van der Waals surface area contributed by atoms with Crippen LogP contribution in [0.4, 0.5) is 0 Å². The lowest BCUT2D eigenvalue weighted by Crippen LogP contribution is -2.33. The van der Waals surface area contributed by atoms with Gasteiger partial charge in [0, 0.05) is 26.6 Å². The third kappa shape index (κ3) is 2.99.